The van der Waals surface area contributed by atoms with Crippen LogP contribution in [0, 0.1) is 0 Å². The Hall–Kier alpha value is -1.87. The van der Waals surface area contributed by atoms with Crippen LogP contribution in [0.1, 0.15) is 18.2 Å². The fraction of sp³-hybridized carbons (Fsp3) is 0.312. The van der Waals surface area contributed by atoms with Gasteiger partial charge in [-0.05, 0) is 31.7 Å². The van der Waals surface area contributed by atoms with Gasteiger partial charge >= 0.3 is 0 Å². The van der Waals surface area contributed by atoms with Crippen LogP contribution in [0.2, 0.25) is 0 Å². The van der Waals surface area contributed by atoms with E-state index in [1.807, 2.05) is 13.2 Å². The highest BCUT2D eigenvalue weighted by Crippen LogP contribution is 2.17. The molecule has 0 aliphatic heterocycles. The van der Waals surface area contributed by atoms with Crippen molar-refractivity contribution in [2.45, 2.75) is 20.0 Å². The van der Waals surface area contributed by atoms with E-state index in [-0.39, 0.29) is 0 Å². The lowest BCUT2D eigenvalue weighted by molar-refractivity contribution is 0.783. The summed E-state index contributed by atoms with van der Waals surface area (Å²) in [7, 11) is 1.94. The number of aromatic nitrogens is 1. The predicted octanol–water partition coefficient (Wildman–Crippen LogP) is 2.83. The van der Waals surface area contributed by atoms with Crippen molar-refractivity contribution >= 4 is 5.69 Å². The molecule has 1 aromatic carbocycles. The van der Waals surface area contributed by atoms with E-state index in [0.29, 0.717) is 0 Å². The number of benzene rings is 1. The standard InChI is InChI=1S/C16H21N3/c1-3-19(13-14-7-5-4-6-8-14)16-9-10-18-15(11-16)12-17-2/h4-11,17H,3,12-13H2,1-2H3. The highest BCUT2D eigenvalue weighted by atomic mass is 15.1. The summed E-state index contributed by atoms with van der Waals surface area (Å²) in [5.74, 6) is 0. The van der Waals surface area contributed by atoms with Crippen LogP contribution in [-0.4, -0.2) is 18.6 Å². The Morgan fingerprint density at radius 1 is 1.16 bits per heavy atom. The third kappa shape index (κ3) is 3.80. The maximum absolute atomic E-state index is 4.36. The van der Waals surface area contributed by atoms with Crippen LogP contribution in [0.4, 0.5) is 5.69 Å². The van der Waals surface area contributed by atoms with Crippen molar-refractivity contribution in [1.82, 2.24) is 10.3 Å². The number of pyridine rings is 1. The molecule has 3 heteroatoms. The average molecular weight is 255 g/mol. The molecule has 100 valence electrons. The average Bonchev–Trinajstić information content (AvgIpc) is 2.46. The van der Waals surface area contributed by atoms with Crippen LogP contribution >= 0.6 is 0 Å². The number of anilines is 1. The Balaban J connectivity index is 2.15. The lowest BCUT2D eigenvalue weighted by Crippen LogP contribution is -2.22. The fourth-order valence-electron chi connectivity index (χ4n) is 2.13. The van der Waals surface area contributed by atoms with E-state index in [1.54, 1.807) is 0 Å². The second-order valence-corrected chi connectivity index (χ2v) is 4.54. The molecule has 0 atom stereocenters. The molecule has 19 heavy (non-hydrogen) atoms. The van der Waals surface area contributed by atoms with Gasteiger partial charge in [0.15, 0.2) is 0 Å². The second kappa shape index (κ2) is 6.90. The van der Waals surface area contributed by atoms with Crippen molar-refractivity contribution in [2.24, 2.45) is 0 Å². The zero-order valence-electron chi connectivity index (χ0n) is 11.6. The van der Waals surface area contributed by atoms with Crippen LogP contribution in [0.25, 0.3) is 0 Å². The molecular weight excluding hydrogens is 234 g/mol. The molecule has 0 unspecified atom stereocenters. The van der Waals surface area contributed by atoms with Crippen LogP contribution < -0.4 is 10.2 Å². The first-order valence-electron chi connectivity index (χ1n) is 6.72. The molecule has 0 spiro atoms. The van der Waals surface area contributed by atoms with Crippen molar-refractivity contribution < 1.29 is 0 Å². The Bertz CT molecular complexity index is 496. The summed E-state index contributed by atoms with van der Waals surface area (Å²) in [5, 5.41) is 3.14. The fourth-order valence-corrected chi connectivity index (χ4v) is 2.13. The van der Waals surface area contributed by atoms with Crippen LogP contribution in [0.3, 0.4) is 0 Å². The molecule has 0 bridgehead atoms. The molecule has 0 saturated carbocycles. The van der Waals surface area contributed by atoms with Gasteiger partial charge < -0.3 is 10.2 Å². The monoisotopic (exact) mass is 255 g/mol. The van der Waals surface area contributed by atoms with Gasteiger partial charge in [-0.2, -0.15) is 0 Å². The number of hydrogen-bond acceptors (Lipinski definition) is 3. The van der Waals surface area contributed by atoms with Gasteiger partial charge in [-0.3, -0.25) is 4.98 Å². The van der Waals surface area contributed by atoms with Gasteiger partial charge in [0.25, 0.3) is 0 Å². The quantitative estimate of drug-likeness (QED) is 0.860. The Morgan fingerprint density at radius 3 is 2.63 bits per heavy atom. The number of rotatable bonds is 6. The molecule has 0 amide bonds. The summed E-state index contributed by atoms with van der Waals surface area (Å²) in [5.41, 5.74) is 3.63. The topological polar surface area (TPSA) is 28.2 Å². The van der Waals surface area contributed by atoms with Gasteiger partial charge in [0.05, 0.1) is 5.69 Å². The largest absolute Gasteiger partial charge is 0.367 e. The molecule has 0 aliphatic carbocycles. The van der Waals surface area contributed by atoms with Gasteiger partial charge in [-0.25, -0.2) is 0 Å². The van der Waals surface area contributed by atoms with E-state index >= 15 is 0 Å². The van der Waals surface area contributed by atoms with Gasteiger partial charge in [-0.15, -0.1) is 0 Å². The van der Waals surface area contributed by atoms with Crippen LogP contribution in [0.15, 0.2) is 48.7 Å². The molecule has 0 radical (unpaired) electrons. The summed E-state index contributed by atoms with van der Waals surface area (Å²) in [6.45, 7) is 4.90. The number of nitrogens with one attached hydrogen (secondary N) is 1. The van der Waals surface area contributed by atoms with E-state index in [0.717, 1.165) is 25.3 Å². The molecule has 2 aromatic rings. The number of hydrogen-bond donors (Lipinski definition) is 1. The highest BCUT2D eigenvalue weighted by molar-refractivity contribution is 5.47. The molecule has 0 saturated heterocycles. The van der Waals surface area contributed by atoms with Crippen LogP contribution in [-0.2, 0) is 13.1 Å². The maximum atomic E-state index is 4.36. The Kier molecular flexibility index (Phi) is 4.93. The summed E-state index contributed by atoms with van der Waals surface area (Å²) < 4.78 is 0. The molecule has 1 heterocycles. The van der Waals surface area contributed by atoms with Crippen molar-refractivity contribution in [3.05, 3.63) is 59.9 Å². The second-order valence-electron chi connectivity index (χ2n) is 4.54. The first kappa shape index (κ1) is 13.6. The molecule has 1 N–H and O–H groups in total. The third-order valence-electron chi connectivity index (χ3n) is 3.12. The molecule has 0 fully saturated rings. The minimum Gasteiger partial charge on any atom is -0.367 e. The summed E-state index contributed by atoms with van der Waals surface area (Å²) in [4.78, 5) is 6.72. The number of nitrogens with zero attached hydrogens (tertiary/aromatic N) is 2. The first-order valence-corrected chi connectivity index (χ1v) is 6.72. The first-order chi connectivity index (χ1) is 9.33. The SMILES string of the molecule is CCN(Cc1ccccc1)c1ccnc(CNC)c1. The summed E-state index contributed by atoms with van der Waals surface area (Å²) in [6.07, 6.45) is 1.88. The minimum atomic E-state index is 0.802. The van der Waals surface area contributed by atoms with E-state index < -0.39 is 0 Å². The smallest absolute Gasteiger partial charge is 0.0562 e. The Morgan fingerprint density at radius 2 is 1.95 bits per heavy atom. The lowest BCUT2D eigenvalue weighted by atomic mass is 10.2. The molecular formula is C16H21N3. The molecule has 1 aromatic heterocycles. The molecule has 3 nitrogen and oxygen atoms in total. The minimum absolute atomic E-state index is 0.802. The zero-order chi connectivity index (χ0) is 13.5. The van der Waals surface area contributed by atoms with Crippen molar-refractivity contribution in [2.75, 3.05) is 18.5 Å². The normalized spacial score (nSPS) is 10.4. The Labute approximate surface area is 115 Å². The summed E-state index contributed by atoms with van der Waals surface area (Å²) in [6, 6.07) is 14.8. The van der Waals surface area contributed by atoms with Gasteiger partial charge in [0, 0.05) is 31.5 Å². The van der Waals surface area contributed by atoms with Crippen molar-refractivity contribution in [1.29, 1.82) is 0 Å². The summed E-state index contributed by atoms with van der Waals surface area (Å²) >= 11 is 0. The highest BCUT2D eigenvalue weighted by Gasteiger charge is 2.06. The van der Waals surface area contributed by atoms with E-state index in [1.165, 1.54) is 11.3 Å². The maximum Gasteiger partial charge on any atom is 0.0562 e. The molecule has 2 rings (SSSR count). The lowest BCUT2D eigenvalue weighted by Gasteiger charge is -2.23. The van der Waals surface area contributed by atoms with E-state index in [2.05, 4.69) is 64.6 Å². The third-order valence-corrected chi connectivity index (χ3v) is 3.12. The van der Waals surface area contributed by atoms with Gasteiger partial charge in [0.2, 0.25) is 0 Å². The van der Waals surface area contributed by atoms with Crippen molar-refractivity contribution in [3.63, 3.8) is 0 Å². The zero-order valence-corrected chi connectivity index (χ0v) is 11.6. The van der Waals surface area contributed by atoms with Gasteiger partial charge in [-0.1, -0.05) is 30.3 Å². The van der Waals surface area contributed by atoms with Crippen molar-refractivity contribution in [3.8, 4) is 0 Å². The molecule has 0 aliphatic rings. The van der Waals surface area contributed by atoms with Gasteiger partial charge in [0.1, 0.15) is 0 Å². The predicted molar refractivity (Wildman–Crippen MR) is 80.2 cm³/mol. The van der Waals surface area contributed by atoms with E-state index in [9.17, 15) is 0 Å². The van der Waals surface area contributed by atoms with Crippen LogP contribution in [0.5, 0.6) is 0 Å². The van der Waals surface area contributed by atoms with E-state index in [4.69, 9.17) is 0 Å².